The van der Waals surface area contributed by atoms with Gasteiger partial charge in [0.1, 0.15) is 0 Å². The van der Waals surface area contributed by atoms with Crippen molar-refractivity contribution >= 4 is 17.7 Å². The fraction of sp³-hybridized carbons (Fsp3) is 0.533. The molecule has 0 aromatic heterocycles. The standard InChI is InChI=1S/C15H23NO2S/c1-12-4-6-14(7-5-12)10-16(3)15(18)11-19-13(2)8-9-17/h4-7,13,17H,8-11H2,1-3H3. The van der Waals surface area contributed by atoms with E-state index in [2.05, 4.69) is 31.2 Å². The van der Waals surface area contributed by atoms with Gasteiger partial charge in [-0.2, -0.15) is 0 Å². The van der Waals surface area contributed by atoms with Crippen molar-refractivity contribution in [3.8, 4) is 0 Å². The zero-order valence-electron chi connectivity index (χ0n) is 11.9. The molecule has 1 unspecified atom stereocenters. The third-order valence-corrected chi connectivity index (χ3v) is 4.21. The molecule has 0 saturated carbocycles. The Morgan fingerprint density at radius 3 is 2.58 bits per heavy atom. The Morgan fingerprint density at radius 1 is 1.37 bits per heavy atom. The highest BCUT2D eigenvalue weighted by Gasteiger charge is 2.11. The van der Waals surface area contributed by atoms with E-state index in [1.807, 2.05) is 14.0 Å². The maximum atomic E-state index is 12.0. The lowest BCUT2D eigenvalue weighted by Gasteiger charge is -2.18. The van der Waals surface area contributed by atoms with Crippen LogP contribution in [0.2, 0.25) is 0 Å². The Balaban J connectivity index is 2.38. The molecule has 1 N–H and O–H groups in total. The van der Waals surface area contributed by atoms with Gasteiger partial charge >= 0.3 is 0 Å². The van der Waals surface area contributed by atoms with Crippen molar-refractivity contribution in [1.29, 1.82) is 0 Å². The van der Waals surface area contributed by atoms with Crippen LogP contribution in [-0.2, 0) is 11.3 Å². The Hall–Kier alpha value is -1.00. The van der Waals surface area contributed by atoms with Crippen molar-refractivity contribution in [3.05, 3.63) is 35.4 Å². The molecule has 3 nitrogen and oxygen atoms in total. The monoisotopic (exact) mass is 281 g/mol. The third-order valence-electron chi connectivity index (χ3n) is 2.99. The molecular formula is C15H23NO2S. The summed E-state index contributed by atoms with van der Waals surface area (Å²) in [5.74, 6) is 0.610. The highest BCUT2D eigenvalue weighted by molar-refractivity contribution is 8.00. The maximum Gasteiger partial charge on any atom is 0.232 e. The SMILES string of the molecule is Cc1ccc(CN(C)C(=O)CSC(C)CCO)cc1. The average molecular weight is 281 g/mol. The van der Waals surface area contributed by atoms with E-state index in [4.69, 9.17) is 5.11 Å². The van der Waals surface area contributed by atoms with Gasteiger partial charge in [0, 0.05) is 25.4 Å². The molecule has 0 aliphatic heterocycles. The van der Waals surface area contributed by atoms with Crippen LogP contribution >= 0.6 is 11.8 Å². The molecule has 0 radical (unpaired) electrons. The largest absolute Gasteiger partial charge is 0.396 e. The van der Waals surface area contributed by atoms with E-state index in [9.17, 15) is 4.79 Å². The van der Waals surface area contributed by atoms with E-state index < -0.39 is 0 Å². The number of aliphatic hydroxyl groups excluding tert-OH is 1. The topological polar surface area (TPSA) is 40.5 Å². The van der Waals surface area contributed by atoms with Crippen LogP contribution in [0.3, 0.4) is 0 Å². The number of benzene rings is 1. The first-order valence-corrected chi connectivity index (χ1v) is 7.59. The van der Waals surface area contributed by atoms with Gasteiger partial charge in [0.05, 0.1) is 5.75 Å². The van der Waals surface area contributed by atoms with Crippen LogP contribution in [0.1, 0.15) is 24.5 Å². The lowest BCUT2D eigenvalue weighted by molar-refractivity contribution is -0.127. The zero-order chi connectivity index (χ0) is 14.3. The van der Waals surface area contributed by atoms with E-state index in [0.717, 1.165) is 12.0 Å². The average Bonchev–Trinajstić information content (AvgIpc) is 2.39. The predicted octanol–water partition coefficient (Wildman–Crippen LogP) is 2.46. The fourth-order valence-corrected chi connectivity index (χ4v) is 2.56. The molecule has 0 aliphatic carbocycles. The minimum absolute atomic E-state index is 0.135. The first-order chi connectivity index (χ1) is 9.02. The number of aryl methyl sites for hydroxylation is 1. The van der Waals surface area contributed by atoms with Crippen molar-refractivity contribution in [3.63, 3.8) is 0 Å². The summed E-state index contributed by atoms with van der Waals surface area (Å²) in [5, 5.41) is 9.14. The molecule has 0 spiro atoms. The Morgan fingerprint density at radius 2 is 2.00 bits per heavy atom. The first-order valence-electron chi connectivity index (χ1n) is 6.55. The number of nitrogens with zero attached hydrogens (tertiary/aromatic N) is 1. The maximum absolute atomic E-state index is 12.0. The molecule has 19 heavy (non-hydrogen) atoms. The van der Waals surface area contributed by atoms with Gasteiger partial charge in [0.15, 0.2) is 0 Å². The van der Waals surface area contributed by atoms with Gasteiger partial charge in [-0.1, -0.05) is 36.8 Å². The zero-order valence-corrected chi connectivity index (χ0v) is 12.7. The summed E-state index contributed by atoms with van der Waals surface area (Å²) in [7, 11) is 1.83. The van der Waals surface area contributed by atoms with Crippen molar-refractivity contribution in [2.24, 2.45) is 0 Å². The van der Waals surface area contributed by atoms with E-state index in [0.29, 0.717) is 17.5 Å². The van der Waals surface area contributed by atoms with Gasteiger partial charge in [-0.25, -0.2) is 0 Å². The predicted molar refractivity (Wildman–Crippen MR) is 81.3 cm³/mol. The van der Waals surface area contributed by atoms with Crippen LogP contribution in [-0.4, -0.2) is 40.6 Å². The number of rotatable bonds is 7. The van der Waals surface area contributed by atoms with E-state index in [-0.39, 0.29) is 12.5 Å². The molecule has 106 valence electrons. The quantitative estimate of drug-likeness (QED) is 0.834. The molecule has 4 heteroatoms. The van der Waals surface area contributed by atoms with Crippen molar-refractivity contribution in [2.75, 3.05) is 19.4 Å². The Bertz CT molecular complexity index is 392. The minimum Gasteiger partial charge on any atom is -0.396 e. The molecule has 1 aromatic rings. The molecule has 1 rings (SSSR count). The highest BCUT2D eigenvalue weighted by atomic mass is 32.2. The normalized spacial score (nSPS) is 12.2. The second-order valence-electron chi connectivity index (χ2n) is 4.87. The molecule has 0 heterocycles. The Labute approximate surface area is 120 Å². The van der Waals surface area contributed by atoms with E-state index in [1.165, 1.54) is 5.56 Å². The number of carbonyl (C=O) groups is 1. The fourth-order valence-electron chi connectivity index (χ4n) is 1.64. The van der Waals surface area contributed by atoms with Gasteiger partial charge in [0.25, 0.3) is 0 Å². The summed E-state index contributed by atoms with van der Waals surface area (Å²) < 4.78 is 0. The van der Waals surface area contributed by atoms with Crippen molar-refractivity contribution < 1.29 is 9.90 Å². The third kappa shape index (κ3) is 6.12. The lowest BCUT2D eigenvalue weighted by Crippen LogP contribution is -2.28. The number of hydrogen-bond acceptors (Lipinski definition) is 3. The van der Waals surface area contributed by atoms with Gasteiger partial charge in [-0.05, 0) is 18.9 Å². The first kappa shape index (κ1) is 16.1. The van der Waals surface area contributed by atoms with Crippen LogP contribution in [0.15, 0.2) is 24.3 Å². The van der Waals surface area contributed by atoms with Crippen LogP contribution in [0, 0.1) is 6.92 Å². The van der Waals surface area contributed by atoms with E-state index >= 15 is 0 Å². The number of amides is 1. The molecule has 1 amide bonds. The van der Waals surface area contributed by atoms with Gasteiger partial charge in [-0.3, -0.25) is 4.79 Å². The van der Waals surface area contributed by atoms with Crippen LogP contribution in [0.25, 0.3) is 0 Å². The second kappa shape index (κ2) is 8.23. The molecule has 0 aliphatic rings. The molecular weight excluding hydrogens is 258 g/mol. The summed E-state index contributed by atoms with van der Waals surface area (Å²) >= 11 is 1.60. The summed E-state index contributed by atoms with van der Waals surface area (Å²) in [6.45, 7) is 4.92. The van der Waals surface area contributed by atoms with Crippen LogP contribution in [0.5, 0.6) is 0 Å². The van der Waals surface area contributed by atoms with E-state index in [1.54, 1.807) is 16.7 Å². The smallest absolute Gasteiger partial charge is 0.232 e. The second-order valence-corrected chi connectivity index (χ2v) is 6.30. The summed E-state index contributed by atoms with van der Waals surface area (Å²) in [4.78, 5) is 13.7. The number of carbonyl (C=O) groups excluding carboxylic acids is 1. The number of hydrogen-bond donors (Lipinski definition) is 1. The molecule has 1 atom stereocenters. The molecule has 1 aromatic carbocycles. The summed E-state index contributed by atoms with van der Waals surface area (Å²) in [6.07, 6.45) is 0.736. The lowest BCUT2D eigenvalue weighted by atomic mass is 10.1. The van der Waals surface area contributed by atoms with Crippen molar-refractivity contribution in [2.45, 2.75) is 32.1 Å². The van der Waals surface area contributed by atoms with Crippen molar-refractivity contribution in [1.82, 2.24) is 4.90 Å². The number of aliphatic hydroxyl groups is 1. The molecule has 0 fully saturated rings. The van der Waals surface area contributed by atoms with Gasteiger partial charge in [0.2, 0.25) is 5.91 Å². The molecule has 0 saturated heterocycles. The Kier molecular flexibility index (Phi) is 6.95. The summed E-state index contributed by atoms with van der Waals surface area (Å²) in [5.41, 5.74) is 2.38. The highest BCUT2D eigenvalue weighted by Crippen LogP contribution is 2.14. The number of thioether (sulfide) groups is 1. The van der Waals surface area contributed by atoms with Gasteiger partial charge < -0.3 is 10.0 Å². The molecule has 0 bridgehead atoms. The summed E-state index contributed by atoms with van der Waals surface area (Å²) in [6, 6.07) is 8.23. The van der Waals surface area contributed by atoms with Crippen LogP contribution < -0.4 is 0 Å². The minimum atomic E-state index is 0.135. The van der Waals surface area contributed by atoms with Gasteiger partial charge in [-0.15, -0.1) is 11.8 Å². The van der Waals surface area contributed by atoms with Crippen LogP contribution in [0.4, 0.5) is 0 Å².